The highest BCUT2D eigenvalue weighted by Crippen LogP contribution is 2.18. The van der Waals surface area contributed by atoms with E-state index in [4.69, 9.17) is 5.26 Å². The first-order valence-corrected chi connectivity index (χ1v) is 8.23. The summed E-state index contributed by atoms with van der Waals surface area (Å²) in [5.74, 6) is -0.848. The Morgan fingerprint density at radius 2 is 2.08 bits per heavy atom. The number of hydrogen-bond donors (Lipinski definition) is 2. The monoisotopic (exact) mass is 435 g/mol. The molecule has 0 atom stereocenters. The van der Waals surface area contributed by atoms with Crippen molar-refractivity contribution in [2.75, 3.05) is 5.32 Å². The molecular formula is C18H15FIN3O. The molecule has 0 unspecified atom stereocenters. The molecule has 0 saturated heterocycles. The number of nitriles is 1. The van der Waals surface area contributed by atoms with Gasteiger partial charge in [-0.1, -0.05) is 18.2 Å². The number of amides is 1. The molecule has 0 spiro atoms. The Hall–Kier alpha value is -2.40. The number of carbonyl (C=O) groups excluding carboxylic acids is 1. The van der Waals surface area contributed by atoms with Crippen molar-refractivity contribution in [2.24, 2.45) is 0 Å². The van der Waals surface area contributed by atoms with Gasteiger partial charge in [-0.2, -0.15) is 5.26 Å². The average Bonchev–Trinajstić information content (AvgIpc) is 2.55. The second kappa shape index (κ2) is 8.45. The zero-order chi connectivity index (χ0) is 17.5. The number of aryl methyl sites for hydroxylation is 1. The number of carbonyl (C=O) groups is 1. The predicted octanol–water partition coefficient (Wildman–Crippen LogP) is 3.87. The van der Waals surface area contributed by atoms with Crippen LogP contribution in [0.3, 0.4) is 0 Å². The molecule has 2 aromatic rings. The molecule has 2 rings (SSSR count). The smallest absolute Gasteiger partial charge is 0.267 e. The number of halogens is 2. The molecule has 0 aliphatic rings. The molecule has 4 nitrogen and oxygen atoms in total. The van der Waals surface area contributed by atoms with E-state index in [2.05, 4.69) is 33.2 Å². The fraction of sp³-hybridized carbons (Fsp3) is 0.111. The number of hydrogen-bond acceptors (Lipinski definition) is 3. The maximum absolute atomic E-state index is 13.5. The van der Waals surface area contributed by atoms with Crippen LogP contribution in [0, 0.1) is 27.6 Å². The fourth-order valence-corrected chi connectivity index (χ4v) is 2.66. The van der Waals surface area contributed by atoms with Gasteiger partial charge in [-0.15, -0.1) is 0 Å². The van der Waals surface area contributed by atoms with Crippen LogP contribution in [0.4, 0.5) is 10.1 Å². The van der Waals surface area contributed by atoms with Crippen LogP contribution in [0.15, 0.2) is 54.2 Å². The number of nitrogens with one attached hydrogen (secondary N) is 2. The van der Waals surface area contributed by atoms with Gasteiger partial charge in [-0.05, 0) is 59.3 Å². The highest BCUT2D eigenvalue weighted by Gasteiger charge is 2.11. The van der Waals surface area contributed by atoms with Crippen LogP contribution in [0.5, 0.6) is 0 Å². The minimum Gasteiger partial charge on any atom is -0.385 e. The Bertz CT molecular complexity index is 827. The minimum absolute atomic E-state index is 0.0794. The highest BCUT2D eigenvalue weighted by molar-refractivity contribution is 14.1. The molecule has 122 valence electrons. The Morgan fingerprint density at radius 1 is 1.33 bits per heavy atom. The Balaban J connectivity index is 2.03. The lowest BCUT2D eigenvalue weighted by molar-refractivity contribution is -0.112. The van der Waals surface area contributed by atoms with E-state index in [0.29, 0.717) is 11.3 Å². The van der Waals surface area contributed by atoms with Crippen molar-refractivity contribution >= 4 is 34.2 Å². The second-order valence-electron chi connectivity index (χ2n) is 5.06. The van der Waals surface area contributed by atoms with Crippen LogP contribution in [0.25, 0.3) is 0 Å². The molecule has 0 heterocycles. The van der Waals surface area contributed by atoms with Gasteiger partial charge in [0.05, 0.1) is 0 Å². The van der Waals surface area contributed by atoms with E-state index in [1.54, 1.807) is 24.3 Å². The third-order valence-corrected chi connectivity index (χ3v) is 3.97. The summed E-state index contributed by atoms with van der Waals surface area (Å²) in [7, 11) is 0. The van der Waals surface area contributed by atoms with E-state index >= 15 is 0 Å². The van der Waals surface area contributed by atoms with Crippen LogP contribution in [-0.2, 0) is 11.3 Å². The molecule has 0 aromatic heterocycles. The molecule has 0 bridgehead atoms. The molecular weight excluding hydrogens is 420 g/mol. The fourth-order valence-electron chi connectivity index (χ4n) is 2.01. The van der Waals surface area contributed by atoms with Gasteiger partial charge < -0.3 is 10.6 Å². The van der Waals surface area contributed by atoms with Gasteiger partial charge in [-0.3, -0.25) is 4.79 Å². The summed E-state index contributed by atoms with van der Waals surface area (Å²) in [6.07, 6.45) is 1.30. The number of nitrogens with zero attached hydrogens (tertiary/aromatic N) is 1. The Labute approximate surface area is 153 Å². The van der Waals surface area contributed by atoms with E-state index in [9.17, 15) is 9.18 Å². The summed E-state index contributed by atoms with van der Waals surface area (Å²) in [5, 5.41) is 14.6. The molecule has 2 N–H and O–H groups in total. The van der Waals surface area contributed by atoms with E-state index < -0.39 is 5.91 Å². The lowest BCUT2D eigenvalue weighted by atomic mass is 10.2. The first-order valence-electron chi connectivity index (χ1n) is 7.16. The molecule has 6 heteroatoms. The highest BCUT2D eigenvalue weighted by atomic mass is 127. The third-order valence-electron chi connectivity index (χ3n) is 3.30. The van der Waals surface area contributed by atoms with Crippen molar-refractivity contribution in [2.45, 2.75) is 13.5 Å². The molecule has 0 aliphatic carbocycles. The second-order valence-corrected chi connectivity index (χ2v) is 6.30. The zero-order valence-electron chi connectivity index (χ0n) is 12.9. The van der Waals surface area contributed by atoms with Crippen LogP contribution in [0.1, 0.15) is 11.1 Å². The molecule has 2 aromatic carbocycles. The van der Waals surface area contributed by atoms with E-state index in [-0.39, 0.29) is 17.9 Å². The average molecular weight is 435 g/mol. The topological polar surface area (TPSA) is 64.9 Å². The van der Waals surface area contributed by atoms with Crippen LogP contribution in [0.2, 0.25) is 0 Å². The molecule has 24 heavy (non-hydrogen) atoms. The number of benzene rings is 2. The van der Waals surface area contributed by atoms with Crippen molar-refractivity contribution in [3.05, 3.63) is 74.8 Å². The summed E-state index contributed by atoms with van der Waals surface area (Å²) in [6.45, 7) is 2.07. The first kappa shape index (κ1) is 17.9. The maximum atomic E-state index is 13.5. The Kier molecular flexibility index (Phi) is 6.32. The van der Waals surface area contributed by atoms with Gasteiger partial charge >= 0.3 is 0 Å². The normalized spacial score (nSPS) is 10.8. The first-order chi connectivity index (χ1) is 11.5. The standard InChI is InChI=1S/C18H15FIN3O/c1-12-8-15(20)6-7-17(12)23-18(24)14(9-21)11-22-10-13-4-2-3-5-16(13)19/h2-8,11,22H,10H2,1H3,(H,23,24)/b14-11-. The van der Waals surface area contributed by atoms with Gasteiger partial charge in [-0.25, -0.2) is 4.39 Å². The number of anilines is 1. The van der Waals surface area contributed by atoms with Gasteiger partial charge in [0.1, 0.15) is 17.5 Å². The van der Waals surface area contributed by atoms with Gasteiger partial charge in [0.15, 0.2) is 0 Å². The van der Waals surface area contributed by atoms with E-state index in [0.717, 1.165) is 9.13 Å². The van der Waals surface area contributed by atoms with Crippen LogP contribution in [-0.4, -0.2) is 5.91 Å². The van der Waals surface area contributed by atoms with Crippen molar-refractivity contribution < 1.29 is 9.18 Å². The third kappa shape index (κ3) is 4.80. The predicted molar refractivity (Wildman–Crippen MR) is 99.5 cm³/mol. The summed E-state index contributed by atoms with van der Waals surface area (Å²) in [5.41, 5.74) is 1.94. The minimum atomic E-state index is -0.511. The van der Waals surface area contributed by atoms with Crippen LogP contribution < -0.4 is 10.6 Å². The van der Waals surface area contributed by atoms with Gasteiger partial charge in [0.2, 0.25) is 0 Å². The largest absolute Gasteiger partial charge is 0.385 e. The summed E-state index contributed by atoms with van der Waals surface area (Å²) < 4.78 is 14.6. The van der Waals surface area contributed by atoms with Crippen molar-refractivity contribution in [1.82, 2.24) is 5.32 Å². The van der Waals surface area contributed by atoms with Gasteiger partial charge in [0, 0.05) is 27.6 Å². The molecule has 0 saturated carbocycles. The lowest BCUT2D eigenvalue weighted by Crippen LogP contribution is -2.17. The summed E-state index contributed by atoms with van der Waals surface area (Å²) in [6, 6.07) is 13.8. The van der Waals surface area contributed by atoms with E-state index in [1.165, 1.54) is 12.3 Å². The SMILES string of the molecule is Cc1cc(I)ccc1NC(=O)/C(C#N)=C\NCc1ccccc1F. The molecule has 1 amide bonds. The van der Waals surface area contributed by atoms with Crippen molar-refractivity contribution in [3.63, 3.8) is 0 Å². The summed E-state index contributed by atoms with van der Waals surface area (Å²) >= 11 is 2.19. The van der Waals surface area contributed by atoms with E-state index in [1.807, 2.05) is 25.1 Å². The van der Waals surface area contributed by atoms with Crippen molar-refractivity contribution in [3.8, 4) is 6.07 Å². The molecule has 0 fully saturated rings. The lowest BCUT2D eigenvalue weighted by Gasteiger charge is -2.08. The van der Waals surface area contributed by atoms with Crippen LogP contribution >= 0.6 is 22.6 Å². The summed E-state index contributed by atoms with van der Waals surface area (Å²) in [4.78, 5) is 12.2. The maximum Gasteiger partial charge on any atom is 0.267 e. The molecule has 0 aliphatic heterocycles. The van der Waals surface area contributed by atoms with Crippen molar-refractivity contribution in [1.29, 1.82) is 5.26 Å². The Morgan fingerprint density at radius 3 is 2.75 bits per heavy atom. The van der Waals surface area contributed by atoms with Gasteiger partial charge in [0.25, 0.3) is 5.91 Å². The zero-order valence-corrected chi connectivity index (χ0v) is 15.1. The molecule has 0 radical (unpaired) electrons. The quantitative estimate of drug-likeness (QED) is 0.426. The number of rotatable bonds is 5.